The van der Waals surface area contributed by atoms with Gasteiger partial charge in [0.15, 0.2) is 0 Å². The molecule has 1 amide bonds. The van der Waals surface area contributed by atoms with Gasteiger partial charge in [-0.05, 0) is 76.6 Å². The van der Waals surface area contributed by atoms with E-state index < -0.39 is 16.0 Å². The van der Waals surface area contributed by atoms with Gasteiger partial charge >= 0.3 is 5.97 Å². The van der Waals surface area contributed by atoms with E-state index in [4.69, 9.17) is 4.42 Å². The number of aryl methyl sites for hydroxylation is 1. The molecule has 0 saturated carbocycles. The minimum Gasteiger partial charge on any atom is -0.475 e. The van der Waals surface area contributed by atoms with Crippen molar-refractivity contribution in [1.29, 1.82) is 0 Å². The number of piperazine rings is 1. The number of amides is 1. The normalized spacial score (nSPS) is 13.7. The van der Waals surface area contributed by atoms with Crippen molar-refractivity contribution in [2.24, 2.45) is 0 Å². The zero-order chi connectivity index (χ0) is 31.7. The topological polar surface area (TPSA) is 111 Å². The number of furan rings is 1. The number of carbonyl (C=O) groups is 2. The van der Waals surface area contributed by atoms with Crippen LogP contribution in [0.5, 0.6) is 0 Å². The van der Waals surface area contributed by atoms with Crippen LogP contribution in [0.3, 0.4) is 0 Å². The Morgan fingerprint density at radius 3 is 2.38 bits per heavy atom. The minimum atomic E-state index is -4.11. The quantitative estimate of drug-likeness (QED) is 0.182. The van der Waals surface area contributed by atoms with Gasteiger partial charge in [0, 0.05) is 48.1 Å². The molecule has 9 nitrogen and oxygen atoms in total. The maximum absolute atomic E-state index is 14.5. The van der Waals surface area contributed by atoms with Gasteiger partial charge in [0.25, 0.3) is 15.9 Å². The summed E-state index contributed by atoms with van der Waals surface area (Å²) in [5, 5.41) is 11.8. The zero-order valence-electron chi connectivity index (χ0n) is 24.4. The van der Waals surface area contributed by atoms with Crippen molar-refractivity contribution in [3.8, 4) is 0 Å². The standard InChI is InChI=1S/C33H30BrN3O6S2/c1-22-25-21-24(11-12-29(25)43-30(22)33(39)40)45(41,42)37(15-13-23-7-3-2-4-8-23)28-10-6-5-9-27(28)35-16-18-36(19-17-35)32(38)31-26(34)14-20-44-31/h2-12,14,20-21H,13,15-19H2,1H3,(H,39,40). The Morgan fingerprint density at radius 1 is 0.978 bits per heavy atom. The first-order chi connectivity index (χ1) is 21.6. The number of hydrogen-bond donors (Lipinski definition) is 1. The van der Waals surface area contributed by atoms with Crippen molar-refractivity contribution in [2.75, 3.05) is 41.9 Å². The van der Waals surface area contributed by atoms with Crippen LogP contribution in [0.25, 0.3) is 11.0 Å². The molecule has 12 heteroatoms. The molecule has 0 aliphatic carbocycles. The summed E-state index contributed by atoms with van der Waals surface area (Å²) in [7, 11) is -4.11. The molecule has 0 unspecified atom stereocenters. The van der Waals surface area contributed by atoms with E-state index in [0.29, 0.717) is 59.7 Å². The Kier molecular flexibility index (Phi) is 8.71. The molecular formula is C33H30BrN3O6S2. The van der Waals surface area contributed by atoms with Gasteiger partial charge in [0.05, 0.1) is 16.3 Å². The third kappa shape index (κ3) is 6.09. The number of carboxylic acid groups (broad SMARTS) is 1. The van der Waals surface area contributed by atoms with Crippen molar-refractivity contribution in [3.63, 3.8) is 0 Å². The van der Waals surface area contributed by atoms with E-state index in [0.717, 1.165) is 15.7 Å². The fourth-order valence-corrected chi connectivity index (χ4v) is 8.63. The number of para-hydroxylation sites is 2. The molecule has 232 valence electrons. The highest BCUT2D eigenvalue weighted by atomic mass is 79.9. The third-order valence-electron chi connectivity index (χ3n) is 8.01. The predicted octanol–water partition coefficient (Wildman–Crippen LogP) is 6.66. The number of nitrogens with zero attached hydrogens (tertiary/aromatic N) is 3. The number of sulfonamides is 1. The first kappa shape index (κ1) is 30.9. The summed E-state index contributed by atoms with van der Waals surface area (Å²) in [6.45, 7) is 3.85. The van der Waals surface area contributed by atoms with Crippen molar-refractivity contribution >= 4 is 71.5 Å². The number of thiophene rings is 1. The molecule has 0 atom stereocenters. The molecule has 3 heterocycles. The van der Waals surface area contributed by atoms with Gasteiger partial charge < -0.3 is 19.3 Å². The summed E-state index contributed by atoms with van der Waals surface area (Å²) in [6, 6.07) is 23.4. The fourth-order valence-electron chi connectivity index (χ4n) is 5.62. The number of carbonyl (C=O) groups excluding carboxylic acids is 1. The largest absolute Gasteiger partial charge is 0.475 e. The van der Waals surface area contributed by atoms with E-state index in [-0.39, 0.29) is 23.1 Å². The second-order valence-electron chi connectivity index (χ2n) is 10.7. The predicted molar refractivity (Wildman–Crippen MR) is 179 cm³/mol. The van der Waals surface area contributed by atoms with Gasteiger partial charge in [0.2, 0.25) is 5.76 Å². The molecule has 2 aromatic heterocycles. The Labute approximate surface area is 273 Å². The Bertz CT molecular complexity index is 1980. The molecule has 0 spiro atoms. The van der Waals surface area contributed by atoms with Crippen LogP contribution in [-0.4, -0.2) is 63.0 Å². The number of aromatic carboxylic acids is 1. The average molecular weight is 709 g/mol. The van der Waals surface area contributed by atoms with Crippen LogP contribution in [0.1, 0.15) is 31.4 Å². The zero-order valence-corrected chi connectivity index (χ0v) is 27.6. The monoisotopic (exact) mass is 707 g/mol. The van der Waals surface area contributed by atoms with E-state index in [1.807, 2.05) is 70.9 Å². The van der Waals surface area contributed by atoms with Gasteiger partial charge in [-0.25, -0.2) is 13.2 Å². The van der Waals surface area contributed by atoms with E-state index in [9.17, 15) is 23.1 Å². The summed E-state index contributed by atoms with van der Waals surface area (Å²) in [5.41, 5.74) is 2.96. The molecule has 0 radical (unpaired) electrons. The molecule has 1 aliphatic rings. The Balaban J connectivity index is 1.34. The van der Waals surface area contributed by atoms with Gasteiger partial charge in [-0.2, -0.15) is 0 Å². The van der Waals surface area contributed by atoms with Gasteiger partial charge in [-0.3, -0.25) is 9.10 Å². The molecule has 1 N–H and O–H groups in total. The lowest BCUT2D eigenvalue weighted by Crippen LogP contribution is -2.49. The van der Waals surface area contributed by atoms with Crippen LogP contribution in [0.2, 0.25) is 0 Å². The lowest BCUT2D eigenvalue weighted by Gasteiger charge is -2.38. The highest BCUT2D eigenvalue weighted by Gasteiger charge is 2.31. The number of rotatable bonds is 9. The lowest BCUT2D eigenvalue weighted by molar-refractivity contribution is 0.0663. The summed E-state index contributed by atoms with van der Waals surface area (Å²) in [5.74, 6) is -1.45. The van der Waals surface area contributed by atoms with Crippen molar-refractivity contribution in [2.45, 2.75) is 18.2 Å². The van der Waals surface area contributed by atoms with Crippen LogP contribution in [0, 0.1) is 6.92 Å². The fraction of sp³-hybridized carbons (Fsp3) is 0.212. The molecule has 5 aromatic rings. The van der Waals surface area contributed by atoms with Crippen LogP contribution in [-0.2, 0) is 16.4 Å². The smallest absolute Gasteiger partial charge is 0.372 e. The molecular weight excluding hydrogens is 678 g/mol. The third-order valence-corrected chi connectivity index (χ3v) is 11.6. The molecule has 0 bridgehead atoms. The van der Waals surface area contributed by atoms with Gasteiger partial charge in [-0.1, -0.05) is 42.5 Å². The van der Waals surface area contributed by atoms with E-state index >= 15 is 0 Å². The lowest BCUT2D eigenvalue weighted by atomic mass is 10.1. The molecule has 1 saturated heterocycles. The number of hydrogen-bond acceptors (Lipinski definition) is 7. The van der Waals surface area contributed by atoms with Crippen LogP contribution >= 0.6 is 27.3 Å². The first-order valence-electron chi connectivity index (χ1n) is 14.3. The molecule has 6 rings (SSSR count). The summed E-state index contributed by atoms with van der Waals surface area (Å²) >= 11 is 4.86. The average Bonchev–Trinajstić information content (AvgIpc) is 3.64. The van der Waals surface area contributed by atoms with Gasteiger partial charge in [0.1, 0.15) is 10.5 Å². The second kappa shape index (κ2) is 12.7. The summed E-state index contributed by atoms with van der Waals surface area (Å²) in [4.78, 5) is 29.4. The van der Waals surface area contributed by atoms with Crippen molar-refractivity contribution < 1.29 is 27.5 Å². The number of benzene rings is 3. The SMILES string of the molecule is Cc1c(C(=O)O)oc2ccc(S(=O)(=O)N(CCc3ccccc3)c3ccccc3N3CCN(C(=O)c4sccc4Br)CC3)cc12. The number of carboxylic acids is 1. The maximum Gasteiger partial charge on any atom is 0.372 e. The van der Waals surface area contributed by atoms with E-state index in [2.05, 4.69) is 20.8 Å². The van der Waals surface area contributed by atoms with Crippen molar-refractivity contribution in [1.82, 2.24) is 4.90 Å². The summed E-state index contributed by atoms with van der Waals surface area (Å²) < 4.78 is 36.7. The maximum atomic E-state index is 14.5. The Morgan fingerprint density at radius 2 is 1.69 bits per heavy atom. The number of fused-ring (bicyclic) bond motifs is 1. The molecule has 1 fully saturated rings. The van der Waals surface area contributed by atoms with Crippen LogP contribution in [0.4, 0.5) is 11.4 Å². The van der Waals surface area contributed by atoms with E-state index in [1.165, 1.54) is 33.8 Å². The minimum absolute atomic E-state index is 0.0205. The van der Waals surface area contributed by atoms with Gasteiger partial charge in [-0.15, -0.1) is 11.3 Å². The van der Waals surface area contributed by atoms with Crippen LogP contribution < -0.4 is 9.21 Å². The molecule has 3 aromatic carbocycles. The number of anilines is 2. The second-order valence-corrected chi connectivity index (χ2v) is 14.3. The molecule has 45 heavy (non-hydrogen) atoms. The summed E-state index contributed by atoms with van der Waals surface area (Å²) in [6.07, 6.45) is 0.475. The van der Waals surface area contributed by atoms with Crippen LogP contribution in [0.15, 0.2) is 98.0 Å². The van der Waals surface area contributed by atoms with E-state index in [1.54, 1.807) is 6.92 Å². The highest BCUT2D eigenvalue weighted by molar-refractivity contribution is 9.10. The number of halogens is 1. The molecule has 1 aliphatic heterocycles. The van der Waals surface area contributed by atoms with Crippen molar-refractivity contribution in [3.05, 3.63) is 110 Å². The highest BCUT2D eigenvalue weighted by Crippen LogP contribution is 2.36. The Hall–Kier alpha value is -4.13. The first-order valence-corrected chi connectivity index (χ1v) is 17.5.